The number of ether oxygens (including phenoxy) is 2. The maximum absolute atomic E-state index is 12.1. The van der Waals surface area contributed by atoms with Gasteiger partial charge in [0, 0.05) is 5.56 Å². The van der Waals surface area contributed by atoms with E-state index in [0.717, 1.165) is 17.5 Å². The van der Waals surface area contributed by atoms with Crippen LogP contribution in [0.2, 0.25) is 0 Å². The summed E-state index contributed by atoms with van der Waals surface area (Å²) < 4.78 is 10.6. The highest BCUT2D eigenvalue weighted by Gasteiger charge is 2.56. The molecular formula is C15H17NO3. The van der Waals surface area contributed by atoms with E-state index in [9.17, 15) is 10.1 Å². The molecule has 1 aromatic rings. The molecule has 0 saturated heterocycles. The molecular weight excluding hydrogens is 242 g/mol. The number of carbonyl (C=O) groups is 1. The van der Waals surface area contributed by atoms with Crippen molar-refractivity contribution in [3.05, 3.63) is 35.4 Å². The maximum Gasteiger partial charge on any atom is 0.315 e. The molecule has 0 bridgehead atoms. The molecule has 1 unspecified atom stereocenters. The molecule has 0 amide bonds. The van der Waals surface area contributed by atoms with Gasteiger partial charge in [-0.2, -0.15) is 5.26 Å². The van der Waals surface area contributed by atoms with Gasteiger partial charge in [-0.05, 0) is 25.8 Å². The third kappa shape index (κ3) is 1.82. The van der Waals surface area contributed by atoms with Crippen LogP contribution >= 0.6 is 0 Å². The van der Waals surface area contributed by atoms with Gasteiger partial charge in [0.05, 0.1) is 13.7 Å². The molecule has 4 nitrogen and oxygen atoms in total. The Kier molecular flexibility index (Phi) is 3.34. The van der Waals surface area contributed by atoms with E-state index in [1.807, 2.05) is 24.3 Å². The fraction of sp³-hybridized carbons (Fsp3) is 0.467. The molecule has 0 aromatic heterocycles. The standard InChI is InChI=1S/C15H17NO3/c1-14(2,13(17)18-3)15(10-16)12-7-5-4-6-11(12)8-9-19-15/h4-7H,8-9H2,1-3H3. The third-order valence-electron chi connectivity index (χ3n) is 3.82. The van der Waals surface area contributed by atoms with E-state index in [1.54, 1.807) is 13.8 Å². The molecule has 0 spiro atoms. The van der Waals surface area contributed by atoms with Crippen LogP contribution in [0.1, 0.15) is 25.0 Å². The number of rotatable bonds is 2. The van der Waals surface area contributed by atoms with Gasteiger partial charge < -0.3 is 9.47 Å². The van der Waals surface area contributed by atoms with E-state index < -0.39 is 17.0 Å². The van der Waals surface area contributed by atoms with E-state index >= 15 is 0 Å². The summed E-state index contributed by atoms with van der Waals surface area (Å²) >= 11 is 0. The normalized spacial score (nSPS) is 22.2. The lowest BCUT2D eigenvalue weighted by Crippen LogP contribution is -2.51. The number of nitrogens with zero attached hydrogens (tertiary/aromatic N) is 1. The van der Waals surface area contributed by atoms with Crippen molar-refractivity contribution in [1.29, 1.82) is 5.26 Å². The van der Waals surface area contributed by atoms with Crippen molar-refractivity contribution in [3.8, 4) is 6.07 Å². The minimum absolute atomic E-state index is 0.422. The van der Waals surface area contributed by atoms with Crippen LogP contribution in [0, 0.1) is 16.7 Å². The zero-order valence-corrected chi connectivity index (χ0v) is 11.4. The quantitative estimate of drug-likeness (QED) is 0.764. The lowest BCUT2D eigenvalue weighted by Gasteiger charge is -2.42. The van der Waals surface area contributed by atoms with E-state index in [-0.39, 0.29) is 0 Å². The summed E-state index contributed by atoms with van der Waals surface area (Å²) in [5.41, 5.74) is -0.562. The topological polar surface area (TPSA) is 59.3 Å². The average molecular weight is 259 g/mol. The van der Waals surface area contributed by atoms with Crippen molar-refractivity contribution < 1.29 is 14.3 Å². The zero-order valence-electron chi connectivity index (χ0n) is 11.4. The second kappa shape index (κ2) is 4.67. The van der Waals surface area contributed by atoms with Crippen molar-refractivity contribution in [1.82, 2.24) is 0 Å². The molecule has 0 saturated carbocycles. The van der Waals surface area contributed by atoms with Crippen LogP contribution in [-0.4, -0.2) is 19.7 Å². The Morgan fingerprint density at radius 2 is 2.16 bits per heavy atom. The van der Waals surface area contributed by atoms with E-state index in [0.29, 0.717) is 6.61 Å². The number of hydrogen-bond donors (Lipinski definition) is 0. The first-order valence-electron chi connectivity index (χ1n) is 6.21. The number of methoxy groups -OCH3 is 1. The van der Waals surface area contributed by atoms with Crippen LogP contribution in [0.4, 0.5) is 0 Å². The van der Waals surface area contributed by atoms with Crippen LogP contribution in [0.15, 0.2) is 24.3 Å². The maximum atomic E-state index is 12.1. The van der Waals surface area contributed by atoms with Gasteiger partial charge in [0.2, 0.25) is 0 Å². The lowest BCUT2D eigenvalue weighted by molar-refractivity contribution is -0.171. The molecule has 0 aliphatic carbocycles. The van der Waals surface area contributed by atoms with Gasteiger partial charge in [0.1, 0.15) is 11.5 Å². The van der Waals surface area contributed by atoms with Gasteiger partial charge in [-0.3, -0.25) is 4.79 Å². The summed E-state index contributed by atoms with van der Waals surface area (Å²) in [4.78, 5) is 12.1. The number of fused-ring (bicyclic) bond motifs is 1. The fourth-order valence-electron chi connectivity index (χ4n) is 2.62. The Morgan fingerprint density at radius 3 is 2.79 bits per heavy atom. The van der Waals surface area contributed by atoms with Gasteiger partial charge >= 0.3 is 5.97 Å². The lowest BCUT2D eigenvalue weighted by atomic mass is 9.69. The third-order valence-corrected chi connectivity index (χ3v) is 3.82. The second-order valence-electron chi connectivity index (χ2n) is 5.17. The number of benzene rings is 1. The Labute approximate surface area is 112 Å². The van der Waals surface area contributed by atoms with Crippen molar-refractivity contribution >= 4 is 5.97 Å². The summed E-state index contributed by atoms with van der Waals surface area (Å²) in [5.74, 6) is -0.453. The number of nitriles is 1. The smallest absolute Gasteiger partial charge is 0.315 e. The molecule has 1 aromatic carbocycles. The van der Waals surface area contributed by atoms with Crippen LogP contribution in [0.25, 0.3) is 0 Å². The van der Waals surface area contributed by atoms with Crippen molar-refractivity contribution in [2.45, 2.75) is 25.9 Å². The summed E-state index contributed by atoms with van der Waals surface area (Å²) in [6.07, 6.45) is 0.747. The van der Waals surface area contributed by atoms with Crippen LogP contribution < -0.4 is 0 Å². The van der Waals surface area contributed by atoms with Gasteiger partial charge in [-0.15, -0.1) is 0 Å². The number of esters is 1. The van der Waals surface area contributed by atoms with Gasteiger partial charge in [-0.1, -0.05) is 24.3 Å². The highest BCUT2D eigenvalue weighted by Crippen LogP contribution is 2.46. The SMILES string of the molecule is COC(=O)C(C)(C)C1(C#N)OCCc2ccccc21. The molecule has 19 heavy (non-hydrogen) atoms. The monoisotopic (exact) mass is 259 g/mol. The Bertz CT molecular complexity index is 545. The number of carbonyl (C=O) groups excluding carboxylic acids is 1. The fourth-order valence-corrected chi connectivity index (χ4v) is 2.62. The van der Waals surface area contributed by atoms with Crippen molar-refractivity contribution in [2.75, 3.05) is 13.7 Å². The Balaban J connectivity index is 2.64. The molecule has 1 aliphatic rings. The summed E-state index contributed by atoms with van der Waals surface area (Å²) in [6, 6.07) is 9.81. The average Bonchev–Trinajstić information content (AvgIpc) is 2.45. The van der Waals surface area contributed by atoms with Gasteiger partial charge in [0.25, 0.3) is 0 Å². The summed E-state index contributed by atoms with van der Waals surface area (Å²) in [7, 11) is 1.32. The molecule has 4 heteroatoms. The summed E-state index contributed by atoms with van der Waals surface area (Å²) in [6.45, 7) is 3.79. The number of hydrogen-bond acceptors (Lipinski definition) is 4. The molecule has 1 heterocycles. The molecule has 0 fully saturated rings. The minimum atomic E-state index is -1.30. The zero-order chi connectivity index (χ0) is 14.1. The Morgan fingerprint density at radius 1 is 1.47 bits per heavy atom. The van der Waals surface area contributed by atoms with E-state index in [4.69, 9.17) is 9.47 Å². The van der Waals surface area contributed by atoms with Crippen LogP contribution in [-0.2, 0) is 26.3 Å². The predicted molar refractivity (Wildman–Crippen MR) is 69.2 cm³/mol. The predicted octanol–water partition coefficient (Wildman–Crippen LogP) is 2.18. The van der Waals surface area contributed by atoms with Crippen LogP contribution in [0.5, 0.6) is 0 Å². The molecule has 100 valence electrons. The van der Waals surface area contributed by atoms with E-state index in [2.05, 4.69) is 6.07 Å². The van der Waals surface area contributed by atoms with Crippen molar-refractivity contribution in [2.24, 2.45) is 5.41 Å². The van der Waals surface area contributed by atoms with Gasteiger partial charge in [-0.25, -0.2) is 0 Å². The van der Waals surface area contributed by atoms with Crippen LogP contribution in [0.3, 0.4) is 0 Å². The first-order chi connectivity index (χ1) is 8.99. The molecule has 1 aliphatic heterocycles. The first kappa shape index (κ1) is 13.6. The van der Waals surface area contributed by atoms with E-state index in [1.165, 1.54) is 7.11 Å². The van der Waals surface area contributed by atoms with Gasteiger partial charge in [0.15, 0.2) is 5.60 Å². The Hall–Kier alpha value is -1.86. The minimum Gasteiger partial charge on any atom is -0.468 e. The largest absolute Gasteiger partial charge is 0.468 e. The molecule has 2 rings (SSSR count). The highest BCUT2D eigenvalue weighted by atomic mass is 16.5. The summed E-state index contributed by atoms with van der Waals surface area (Å²) in [5, 5.41) is 9.69. The molecule has 0 N–H and O–H groups in total. The molecule has 1 atom stereocenters. The molecule has 0 radical (unpaired) electrons. The highest BCUT2D eigenvalue weighted by molar-refractivity contribution is 5.79. The van der Waals surface area contributed by atoms with Crippen molar-refractivity contribution in [3.63, 3.8) is 0 Å². The first-order valence-corrected chi connectivity index (χ1v) is 6.21. The second-order valence-corrected chi connectivity index (χ2v) is 5.17.